The van der Waals surface area contributed by atoms with Gasteiger partial charge in [0.2, 0.25) is 11.8 Å². The van der Waals surface area contributed by atoms with E-state index in [1.54, 1.807) is 4.90 Å². The molecule has 0 radical (unpaired) electrons. The lowest BCUT2D eigenvalue weighted by atomic mass is 9.91. The number of amides is 3. The summed E-state index contributed by atoms with van der Waals surface area (Å²) < 4.78 is 0. The molecule has 7 heteroatoms. The van der Waals surface area contributed by atoms with E-state index in [2.05, 4.69) is 36.6 Å². The molecule has 7 nitrogen and oxygen atoms in total. The SMILES string of the molecule is CC(C)C(N)C(NCc1cccc2c1CN(C1CCC(=O)NC1=O)C2=O)c1ccccc1. The molecular weight excluding hydrogens is 404 g/mol. The highest BCUT2D eigenvalue weighted by Crippen LogP contribution is 2.30. The molecule has 2 aromatic rings. The van der Waals surface area contributed by atoms with Gasteiger partial charge in [-0.3, -0.25) is 19.7 Å². The zero-order chi connectivity index (χ0) is 22.8. The van der Waals surface area contributed by atoms with Crippen molar-refractivity contribution in [2.45, 2.75) is 57.9 Å². The maximum Gasteiger partial charge on any atom is 0.255 e. The Morgan fingerprint density at radius 2 is 1.84 bits per heavy atom. The number of nitrogens with one attached hydrogen (secondary N) is 2. The molecule has 0 spiro atoms. The van der Waals surface area contributed by atoms with Crippen molar-refractivity contribution < 1.29 is 14.4 Å². The second-order valence-corrected chi connectivity index (χ2v) is 8.93. The van der Waals surface area contributed by atoms with Gasteiger partial charge in [-0.15, -0.1) is 0 Å². The summed E-state index contributed by atoms with van der Waals surface area (Å²) in [7, 11) is 0. The van der Waals surface area contributed by atoms with Gasteiger partial charge in [0.05, 0.1) is 0 Å². The van der Waals surface area contributed by atoms with Crippen LogP contribution < -0.4 is 16.4 Å². The standard InChI is InChI=1S/C25H30N4O3/c1-15(2)22(26)23(16-7-4-3-5-8-16)27-13-17-9-6-10-18-19(17)14-29(25(18)32)20-11-12-21(30)28-24(20)31/h3-10,15,20,22-23,27H,11-14,26H2,1-2H3,(H,28,30,31). The van der Waals surface area contributed by atoms with Gasteiger partial charge in [-0.2, -0.15) is 0 Å². The van der Waals surface area contributed by atoms with Crippen LogP contribution in [0.15, 0.2) is 48.5 Å². The quantitative estimate of drug-likeness (QED) is 0.580. The predicted octanol–water partition coefficient (Wildman–Crippen LogP) is 2.26. The van der Waals surface area contributed by atoms with Crippen molar-refractivity contribution in [1.29, 1.82) is 0 Å². The normalized spacial score (nSPS) is 20.3. The molecule has 2 aliphatic heterocycles. The van der Waals surface area contributed by atoms with Gasteiger partial charge in [0.25, 0.3) is 5.91 Å². The van der Waals surface area contributed by atoms with E-state index in [0.717, 1.165) is 16.7 Å². The molecule has 0 saturated carbocycles. The summed E-state index contributed by atoms with van der Waals surface area (Å²) >= 11 is 0. The number of nitrogens with zero attached hydrogens (tertiary/aromatic N) is 1. The van der Waals surface area contributed by atoms with Crippen molar-refractivity contribution >= 4 is 17.7 Å². The third kappa shape index (κ3) is 4.31. The van der Waals surface area contributed by atoms with Gasteiger partial charge in [-0.1, -0.05) is 56.3 Å². The highest BCUT2D eigenvalue weighted by Gasteiger charge is 2.39. The molecule has 168 valence electrons. The van der Waals surface area contributed by atoms with Crippen molar-refractivity contribution in [3.63, 3.8) is 0 Å². The molecule has 1 fully saturated rings. The van der Waals surface area contributed by atoms with Gasteiger partial charge in [-0.25, -0.2) is 0 Å². The summed E-state index contributed by atoms with van der Waals surface area (Å²) in [5.41, 5.74) is 10.2. The van der Waals surface area contributed by atoms with Crippen LogP contribution in [-0.2, 0) is 22.7 Å². The average Bonchev–Trinajstić information content (AvgIpc) is 3.11. The Kier molecular flexibility index (Phi) is 6.39. The van der Waals surface area contributed by atoms with Crippen LogP contribution >= 0.6 is 0 Å². The van der Waals surface area contributed by atoms with Gasteiger partial charge in [0.15, 0.2) is 0 Å². The Morgan fingerprint density at radius 3 is 2.53 bits per heavy atom. The van der Waals surface area contributed by atoms with Crippen molar-refractivity contribution in [3.8, 4) is 0 Å². The summed E-state index contributed by atoms with van der Waals surface area (Å²) in [6.07, 6.45) is 0.605. The highest BCUT2D eigenvalue weighted by atomic mass is 16.2. The number of piperidine rings is 1. The molecule has 1 saturated heterocycles. The van der Waals surface area contributed by atoms with Crippen LogP contribution in [0.2, 0.25) is 0 Å². The minimum Gasteiger partial charge on any atom is -0.326 e. The molecule has 2 heterocycles. The van der Waals surface area contributed by atoms with E-state index in [-0.39, 0.29) is 30.3 Å². The molecule has 3 amide bonds. The Morgan fingerprint density at radius 1 is 1.09 bits per heavy atom. The van der Waals surface area contributed by atoms with Crippen LogP contribution in [0.25, 0.3) is 0 Å². The summed E-state index contributed by atoms with van der Waals surface area (Å²) in [5.74, 6) is -0.545. The molecule has 32 heavy (non-hydrogen) atoms. The largest absolute Gasteiger partial charge is 0.326 e. The second-order valence-electron chi connectivity index (χ2n) is 8.93. The average molecular weight is 435 g/mol. The van der Waals surface area contributed by atoms with Crippen LogP contribution in [-0.4, -0.2) is 34.7 Å². The van der Waals surface area contributed by atoms with Crippen LogP contribution in [0.3, 0.4) is 0 Å². The van der Waals surface area contributed by atoms with E-state index in [9.17, 15) is 14.4 Å². The van der Waals surface area contributed by atoms with Crippen LogP contribution in [0.1, 0.15) is 59.8 Å². The molecular formula is C25H30N4O3. The summed E-state index contributed by atoms with van der Waals surface area (Å²) in [5, 5.41) is 5.96. The Hall–Kier alpha value is -3.03. The summed E-state index contributed by atoms with van der Waals surface area (Å²) in [6, 6.07) is 15.1. The Labute approximate surface area is 188 Å². The van der Waals surface area contributed by atoms with Crippen molar-refractivity contribution in [2.24, 2.45) is 11.7 Å². The number of imide groups is 1. The molecule has 2 aromatic carbocycles. The highest BCUT2D eigenvalue weighted by molar-refractivity contribution is 6.05. The number of rotatable bonds is 7. The fourth-order valence-electron chi connectivity index (χ4n) is 4.56. The van der Waals surface area contributed by atoms with Crippen LogP contribution in [0.4, 0.5) is 0 Å². The minimum atomic E-state index is -0.611. The van der Waals surface area contributed by atoms with E-state index in [1.165, 1.54) is 0 Å². The van der Waals surface area contributed by atoms with Crippen molar-refractivity contribution in [2.75, 3.05) is 0 Å². The fourth-order valence-corrected chi connectivity index (χ4v) is 4.56. The van der Waals surface area contributed by atoms with Gasteiger partial charge in [0, 0.05) is 37.2 Å². The number of carbonyl (C=O) groups excluding carboxylic acids is 3. The zero-order valence-corrected chi connectivity index (χ0v) is 18.5. The molecule has 3 unspecified atom stereocenters. The van der Waals surface area contributed by atoms with Gasteiger partial charge >= 0.3 is 0 Å². The first-order chi connectivity index (χ1) is 15.4. The third-order valence-corrected chi connectivity index (χ3v) is 6.50. The summed E-state index contributed by atoms with van der Waals surface area (Å²) in [4.78, 5) is 38.5. The monoisotopic (exact) mass is 434 g/mol. The number of fused-ring (bicyclic) bond motifs is 1. The zero-order valence-electron chi connectivity index (χ0n) is 18.5. The maximum absolute atomic E-state index is 13.1. The molecule has 0 aromatic heterocycles. The predicted molar refractivity (Wildman–Crippen MR) is 121 cm³/mol. The van der Waals surface area contributed by atoms with Crippen molar-refractivity contribution in [1.82, 2.24) is 15.5 Å². The Balaban J connectivity index is 1.54. The molecule has 4 rings (SSSR count). The first-order valence-electron chi connectivity index (χ1n) is 11.2. The second kappa shape index (κ2) is 9.22. The first kappa shape index (κ1) is 22.2. The van der Waals surface area contributed by atoms with Gasteiger partial charge < -0.3 is 16.0 Å². The van der Waals surface area contributed by atoms with Crippen molar-refractivity contribution in [3.05, 3.63) is 70.8 Å². The van der Waals surface area contributed by atoms with E-state index in [1.807, 2.05) is 36.4 Å². The van der Waals surface area contributed by atoms with Gasteiger partial charge in [0.1, 0.15) is 6.04 Å². The number of carbonyl (C=O) groups is 3. The van der Waals surface area contributed by atoms with Gasteiger partial charge in [-0.05, 0) is 35.1 Å². The topological polar surface area (TPSA) is 105 Å². The lowest BCUT2D eigenvalue weighted by molar-refractivity contribution is -0.136. The molecule has 0 bridgehead atoms. The number of hydrogen-bond donors (Lipinski definition) is 3. The lowest BCUT2D eigenvalue weighted by Gasteiger charge is -2.29. The number of nitrogens with two attached hydrogens (primary N) is 1. The minimum absolute atomic E-state index is 0.0320. The molecule has 2 aliphatic rings. The van der Waals surface area contributed by atoms with E-state index in [4.69, 9.17) is 5.73 Å². The smallest absolute Gasteiger partial charge is 0.255 e. The molecule has 0 aliphatic carbocycles. The molecule has 3 atom stereocenters. The number of benzene rings is 2. The summed E-state index contributed by atoms with van der Waals surface area (Å²) in [6.45, 7) is 5.14. The van der Waals surface area contributed by atoms with E-state index < -0.39 is 11.9 Å². The fraction of sp³-hybridized carbons (Fsp3) is 0.400. The third-order valence-electron chi connectivity index (χ3n) is 6.50. The maximum atomic E-state index is 13.1. The van der Waals surface area contributed by atoms with E-state index >= 15 is 0 Å². The Bertz CT molecular complexity index is 1020. The van der Waals surface area contributed by atoms with Crippen LogP contribution in [0.5, 0.6) is 0 Å². The van der Waals surface area contributed by atoms with Crippen LogP contribution in [0, 0.1) is 5.92 Å². The lowest BCUT2D eigenvalue weighted by Crippen LogP contribution is -2.52. The first-order valence-corrected chi connectivity index (χ1v) is 11.2. The molecule has 4 N–H and O–H groups in total. The van der Waals surface area contributed by atoms with E-state index in [0.29, 0.717) is 31.0 Å². The number of hydrogen-bond acceptors (Lipinski definition) is 5.